The van der Waals surface area contributed by atoms with E-state index >= 15 is 0 Å². The van der Waals surface area contributed by atoms with Crippen LogP contribution in [0.5, 0.6) is 0 Å². The van der Waals surface area contributed by atoms with Crippen molar-refractivity contribution in [1.82, 2.24) is 10.2 Å². The fourth-order valence-corrected chi connectivity index (χ4v) is 2.61. The molecule has 90 valence electrons. The van der Waals surface area contributed by atoms with Crippen LogP contribution < -0.4 is 5.32 Å². The Kier molecular flexibility index (Phi) is 7.49. The normalized spacial score (nSPS) is 19.6. The highest BCUT2D eigenvalue weighted by atomic mass is 32.2. The molecule has 0 aromatic rings. The predicted octanol–water partition coefficient (Wildman–Crippen LogP) is 2.06. The molecule has 0 aromatic carbocycles. The summed E-state index contributed by atoms with van der Waals surface area (Å²) >= 11 is 1.97. The number of rotatable bonds is 7. The quantitative estimate of drug-likeness (QED) is 0.674. The minimum atomic E-state index is 0.932. The molecular weight excluding hydrogens is 204 g/mol. The zero-order valence-corrected chi connectivity index (χ0v) is 11.1. The van der Waals surface area contributed by atoms with Gasteiger partial charge in [0.25, 0.3) is 0 Å². The lowest BCUT2D eigenvalue weighted by molar-refractivity contribution is 0.183. The molecule has 0 amide bonds. The first-order chi connectivity index (χ1) is 7.36. The first kappa shape index (κ1) is 13.3. The van der Waals surface area contributed by atoms with E-state index in [4.69, 9.17) is 0 Å². The van der Waals surface area contributed by atoms with Crippen molar-refractivity contribution in [2.24, 2.45) is 5.92 Å². The Morgan fingerprint density at radius 3 is 2.67 bits per heavy atom. The molecule has 0 atom stereocenters. The zero-order chi connectivity index (χ0) is 10.9. The molecule has 0 bridgehead atoms. The summed E-state index contributed by atoms with van der Waals surface area (Å²) in [5.74, 6) is 2.25. The van der Waals surface area contributed by atoms with Crippen molar-refractivity contribution in [3.63, 3.8) is 0 Å². The van der Waals surface area contributed by atoms with Gasteiger partial charge in [-0.15, -0.1) is 0 Å². The first-order valence-electron chi connectivity index (χ1n) is 6.28. The van der Waals surface area contributed by atoms with Gasteiger partial charge in [0.15, 0.2) is 0 Å². The maximum Gasteiger partial charge on any atom is -0.00109 e. The molecule has 1 rings (SSSR count). The van der Waals surface area contributed by atoms with Gasteiger partial charge in [0.2, 0.25) is 0 Å². The molecule has 0 saturated carbocycles. The van der Waals surface area contributed by atoms with E-state index in [1.54, 1.807) is 0 Å². The molecule has 0 unspecified atom stereocenters. The highest BCUT2D eigenvalue weighted by Gasteiger charge is 2.17. The number of thioether (sulfide) groups is 1. The summed E-state index contributed by atoms with van der Waals surface area (Å²) in [6.07, 6.45) is 6.35. The summed E-state index contributed by atoms with van der Waals surface area (Å²) in [6, 6.07) is 0. The van der Waals surface area contributed by atoms with Crippen LogP contribution in [0.25, 0.3) is 0 Å². The van der Waals surface area contributed by atoms with Crippen LogP contribution in [-0.2, 0) is 0 Å². The van der Waals surface area contributed by atoms with Crippen molar-refractivity contribution >= 4 is 11.8 Å². The Labute approximate surface area is 99.2 Å². The van der Waals surface area contributed by atoms with Crippen molar-refractivity contribution in [2.75, 3.05) is 44.7 Å². The van der Waals surface area contributed by atoms with E-state index in [0.717, 1.165) is 12.5 Å². The van der Waals surface area contributed by atoms with Gasteiger partial charge in [-0.1, -0.05) is 6.92 Å². The van der Waals surface area contributed by atoms with E-state index in [0.29, 0.717) is 0 Å². The van der Waals surface area contributed by atoms with Crippen molar-refractivity contribution in [1.29, 1.82) is 0 Å². The second kappa shape index (κ2) is 8.43. The molecule has 0 radical (unpaired) electrons. The van der Waals surface area contributed by atoms with Crippen LogP contribution in [0.3, 0.4) is 0 Å². The van der Waals surface area contributed by atoms with E-state index < -0.39 is 0 Å². The van der Waals surface area contributed by atoms with Crippen LogP contribution in [0, 0.1) is 5.92 Å². The van der Waals surface area contributed by atoms with Gasteiger partial charge in [-0.05, 0) is 69.9 Å². The minimum absolute atomic E-state index is 0.932. The summed E-state index contributed by atoms with van der Waals surface area (Å²) in [5, 5.41) is 3.46. The van der Waals surface area contributed by atoms with Crippen molar-refractivity contribution < 1.29 is 0 Å². The second-order valence-corrected chi connectivity index (χ2v) is 5.42. The number of nitrogens with zero attached hydrogens (tertiary/aromatic N) is 1. The summed E-state index contributed by atoms with van der Waals surface area (Å²) in [7, 11) is 0. The van der Waals surface area contributed by atoms with Gasteiger partial charge in [0, 0.05) is 0 Å². The number of nitrogens with one attached hydrogen (secondary N) is 1. The van der Waals surface area contributed by atoms with E-state index in [1.807, 2.05) is 11.8 Å². The average molecular weight is 230 g/mol. The predicted molar refractivity (Wildman–Crippen MR) is 70.7 cm³/mol. The third-order valence-corrected chi connectivity index (χ3v) is 3.91. The lowest BCUT2D eigenvalue weighted by atomic mass is 9.97. The van der Waals surface area contributed by atoms with Gasteiger partial charge in [-0.2, -0.15) is 11.8 Å². The highest BCUT2D eigenvalue weighted by Crippen LogP contribution is 2.16. The smallest absolute Gasteiger partial charge is 0.00109 e. The maximum absolute atomic E-state index is 3.46. The lowest BCUT2D eigenvalue weighted by Crippen LogP contribution is -2.37. The molecule has 3 heteroatoms. The molecule has 2 nitrogen and oxygen atoms in total. The fraction of sp³-hybridized carbons (Fsp3) is 1.00. The van der Waals surface area contributed by atoms with Crippen molar-refractivity contribution in [3.05, 3.63) is 0 Å². The Balaban J connectivity index is 2.02. The van der Waals surface area contributed by atoms with Gasteiger partial charge in [0.05, 0.1) is 0 Å². The average Bonchev–Trinajstić information content (AvgIpc) is 2.28. The van der Waals surface area contributed by atoms with Gasteiger partial charge < -0.3 is 10.2 Å². The van der Waals surface area contributed by atoms with Gasteiger partial charge >= 0.3 is 0 Å². The largest absolute Gasteiger partial charge is 0.317 e. The molecule has 1 aliphatic heterocycles. The molecular formula is C12H26N2S. The highest BCUT2D eigenvalue weighted by molar-refractivity contribution is 7.98. The molecule has 1 saturated heterocycles. The van der Waals surface area contributed by atoms with E-state index in [1.165, 1.54) is 51.2 Å². The maximum atomic E-state index is 3.46. The molecule has 1 heterocycles. The monoisotopic (exact) mass is 230 g/mol. The number of piperidine rings is 1. The third kappa shape index (κ3) is 5.79. The molecule has 1 aliphatic rings. The number of likely N-dealkylation sites (tertiary alicyclic amines) is 1. The van der Waals surface area contributed by atoms with Gasteiger partial charge in [-0.3, -0.25) is 0 Å². The standard InChI is InChI=1S/C12H26N2S/c1-3-13-11-12-5-8-14(9-6-12)7-4-10-15-2/h12-13H,3-11H2,1-2H3. The van der Waals surface area contributed by atoms with Crippen LogP contribution in [-0.4, -0.2) is 49.6 Å². The molecule has 0 spiro atoms. The third-order valence-electron chi connectivity index (χ3n) is 3.21. The molecule has 0 aliphatic carbocycles. The van der Waals surface area contributed by atoms with Gasteiger partial charge in [0.1, 0.15) is 0 Å². The second-order valence-electron chi connectivity index (χ2n) is 4.44. The van der Waals surface area contributed by atoms with E-state index in [2.05, 4.69) is 23.4 Å². The molecule has 0 aromatic heterocycles. The molecule has 15 heavy (non-hydrogen) atoms. The summed E-state index contributed by atoms with van der Waals surface area (Å²) < 4.78 is 0. The summed E-state index contributed by atoms with van der Waals surface area (Å²) in [6.45, 7) is 8.50. The van der Waals surface area contributed by atoms with E-state index in [9.17, 15) is 0 Å². The van der Waals surface area contributed by atoms with Crippen molar-refractivity contribution in [2.45, 2.75) is 26.2 Å². The van der Waals surface area contributed by atoms with Gasteiger partial charge in [-0.25, -0.2) is 0 Å². The Hall–Kier alpha value is 0.270. The molecule has 1 N–H and O–H groups in total. The van der Waals surface area contributed by atoms with Crippen LogP contribution in [0.15, 0.2) is 0 Å². The zero-order valence-electron chi connectivity index (χ0n) is 10.3. The lowest BCUT2D eigenvalue weighted by Gasteiger charge is -2.31. The minimum Gasteiger partial charge on any atom is -0.317 e. The number of hydrogen-bond donors (Lipinski definition) is 1. The Morgan fingerprint density at radius 2 is 2.07 bits per heavy atom. The van der Waals surface area contributed by atoms with E-state index in [-0.39, 0.29) is 0 Å². The van der Waals surface area contributed by atoms with Crippen LogP contribution in [0.4, 0.5) is 0 Å². The Morgan fingerprint density at radius 1 is 1.33 bits per heavy atom. The van der Waals surface area contributed by atoms with Crippen LogP contribution in [0.2, 0.25) is 0 Å². The summed E-state index contributed by atoms with van der Waals surface area (Å²) in [4.78, 5) is 2.64. The first-order valence-corrected chi connectivity index (χ1v) is 7.68. The SMILES string of the molecule is CCNCC1CCN(CCCSC)CC1. The fourth-order valence-electron chi connectivity index (χ4n) is 2.20. The molecule has 1 fully saturated rings. The van der Waals surface area contributed by atoms with Crippen LogP contribution in [0.1, 0.15) is 26.2 Å². The van der Waals surface area contributed by atoms with Crippen molar-refractivity contribution in [3.8, 4) is 0 Å². The van der Waals surface area contributed by atoms with Crippen LogP contribution >= 0.6 is 11.8 Å². The Bertz CT molecular complexity index is 145. The number of hydrogen-bond acceptors (Lipinski definition) is 3. The topological polar surface area (TPSA) is 15.3 Å². The summed E-state index contributed by atoms with van der Waals surface area (Å²) in [5.41, 5.74) is 0.